The van der Waals surface area contributed by atoms with Crippen LogP contribution in [-0.2, 0) is 0 Å². The van der Waals surface area contributed by atoms with Crippen LogP contribution < -0.4 is 0 Å². The first-order chi connectivity index (χ1) is 5.34. The fraction of sp³-hybridized carbons (Fsp3) is 0.625. The Balaban J connectivity index is 2.06. The molecule has 62 valence electrons. The number of aliphatic hydroxyl groups excluding tert-OH is 1. The normalized spacial score (nSPS) is 17.5. The maximum absolute atomic E-state index is 9.37. The van der Waals surface area contributed by atoms with Gasteiger partial charge in [-0.2, -0.15) is 0 Å². The topological polar surface area (TPSA) is 32.6 Å². The van der Waals surface area contributed by atoms with Crippen molar-refractivity contribution in [3.05, 3.63) is 12.3 Å². The molecule has 1 rings (SSSR count). The molecule has 1 unspecified atom stereocenters. The fourth-order valence-electron chi connectivity index (χ4n) is 0.938. The maximum Gasteiger partial charge on any atom is 0.0960 e. The van der Waals surface area contributed by atoms with E-state index in [1.807, 2.05) is 6.08 Å². The van der Waals surface area contributed by atoms with E-state index >= 15 is 0 Å². The van der Waals surface area contributed by atoms with Crippen LogP contribution in [0.4, 0.5) is 0 Å². The van der Waals surface area contributed by atoms with Gasteiger partial charge in [0.05, 0.1) is 11.8 Å². The fourth-order valence-corrected chi connectivity index (χ4v) is 1.13. The van der Waals surface area contributed by atoms with Crippen LogP contribution in [0.1, 0.15) is 19.3 Å². The Kier molecular flexibility index (Phi) is 3.60. The minimum Gasteiger partial charge on any atom is -0.387 e. The Bertz CT molecular complexity index is 177. The highest BCUT2D eigenvalue weighted by atomic mass is 35.5. The molecule has 0 aromatic heterocycles. The van der Waals surface area contributed by atoms with E-state index in [0.29, 0.717) is 5.88 Å². The Labute approximate surface area is 71.6 Å². The second-order valence-corrected chi connectivity index (χ2v) is 2.95. The molecule has 0 spiro atoms. The number of halogens is 1. The lowest BCUT2D eigenvalue weighted by molar-refractivity contribution is 0.227. The van der Waals surface area contributed by atoms with Gasteiger partial charge in [0.1, 0.15) is 0 Å². The lowest BCUT2D eigenvalue weighted by Gasteiger charge is -2.12. The molecular weight excluding hydrogens is 162 g/mol. The van der Waals surface area contributed by atoms with Crippen LogP contribution in [0.25, 0.3) is 0 Å². The molecule has 2 nitrogen and oxygen atoms in total. The molecule has 0 amide bonds. The number of nitrogens with zero attached hydrogens (tertiary/aromatic N) is 1. The van der Waals surface area contributed by atoms with Crippen LogP contribution in [0, 0.1) is 0 Å². The van der Waals surface area contributed by atoms with Crippen molar-refractivity contribution < 1.29 is 5.11 Å². The average Bonchev–Trinajstić information content (AvgIpc) is 1.84. The molecule has 0 bridgehead atoms. The third-order valence-corrected chi connectivity index (χ3v) is 1.94. The molecule has 1 aliphatic rings. The monoisotopic (exact) mass is 173 g/mol. The molecule has 0 saturated carbocycles. The van der Waals surface area contributed by atoms with Crippen molar-refractivity contribution in [3.8, 4) is 0 Å². The number of aliphatic imine (C=N–C) groups is 1. The van der Waals surface area contributed by atoms with Crippen molar-refractivity contribution in [3.63, 3.8) is 0 Å². The number of hydrogen-bond donors (Lipinski definition) is 1. The largest absolute Gasteiger partial charge is 0.387 e. The molecule has 0 aliphatic carbocycles. The second-order valence-electron chi connectivity index (χ2n) is 2.57. The van der Waals surface area contributed by atoms with Crippen LogP contribution in [0.3, 0.4) is 0 Å². The standard InChI is InChI=1S/C8H12ClNO/c9-5-2-1-3-8(11)7-4-6-10-7/h4,6,8,11H,1-3,5H2. The first-order valence-electron chi connectivity index (χ1n) is 3.83. The predicted octanol–water partition coefficient (Wildman–Crippen LogP) is 1.72. The minimum absolute atomic E-state index is 0.372. The van der Waals surface area contributed by atoms with Crippen molar-refractivity contribution in [2.75, 3.05) is 5.88 Å². The molecule has 0 aromatic rings. The molecule has 0 saturated heterocycles. The Morgan fingerprint density at radius 2 is 2.27 bits per heavy atom. The van der Waals surface area contributed by atoms with Gasteiger partial charge in [-0.1, -0.05) is 0 Å². The summed E-state index contributed by atoms with van der Waals surface area (Å²) in [7, 11) is 0. The van der Waals surface area contributed by atoms with Gasteiger partial charge in [-0.25, -0.2) is 0 Å². The highest BCUT2D eigenvalue weighted by molar-refractivity contribution is 6.17. The molecule has 3 heteroatoms. The Morgan fingerprint density at radius 1 is 1.55 bits per heavy atom. The summed E-state index contributed by atoms with van der Waals surface area (Å²) in [5.41, 5.74) is 0.805. The summed E-state index contributed by atoms with van der Waals surface area (Å²) in [5.74, 6) is 0.676. The number of aliphatic hydroxyl groups is 1. The molecule has 11 heavy (non-hydrogen) atoms. The summed E-state index contributed by atoms with van der Waals surface area (Å²) >= 11 is 5.49. The number of alkyl halides is 1. The third-order valence-electron chi connectivity index (χ3n) is 1.67. The molecule has 0 aromatic carbocycles. The first kappa shape index (κ1) is 8.75. The van der Waals surface area contributed by atoms with Gasteiger partial charge in [0.2, 0.25) is 0 Å². The maximum atomic E-state index is 9.37. The molecule has 0 radical (unpaired) electrons. The van der Waals surface area contributed by atoms with Crippen LogP contribution in [0.15, 0.2) is 17.3 Å². The number of rotatable bonds is 5. The first-order valence-corrected chi connectivity index (χ1v) is 4.36. The van der Waals surface area contributed by atoms with Gasteiger partial charge in [0, 0.05) is 12.1 Å². The average molecular weight is 174 g/mol. The Hall–Kier alpha value is -0.340. The zero-order chi connectivity index (χ0) is 8.10. The lowest BCUT2D eigenvalue weighted by atomic mass is 10.1. The van der Waals surface area contributed by atoms with E-state index in [9.17, 15) is 5.11 Å². The number of unbranched alkanes of at least 4 members (excludes halogenated alkanes) is 1. The van der Waals surface area contributed by atoms with E-state index in [1.54, 1.807) is 6.20 Å². The zero-order valence-electron chi connectivity index (χ0n) is 6.33. The summed E-state index contributed by atoms with van der Waals surface area (Å²) in [5, 5.41) is 9.37. The Morgan fingerprint density at radius 3 is 2.73 bits per heavy atom. The molecule has 1 N–H and O–H groups in total. The van der Waals surface area contributed by atoms with E-state index in [2.05, 4.69) is 4.99 Å². The smallest absolute Gasteiger partial charge is 0.0960 e. The highest BCUT2D eigenvalue weighted by Crippen LogP contribution is 2.08. The van der Waals surface area contributed by atoms with Crippen LogP contribution in [0.5, 0.6) is 0 Å². The molecule has 1 heterocycles. The number of hydrogen-bond acceptors (Lipinski definition) is 2. The van der Waals surface area contributed by atoms with Gasteiger partial charge in [0.25, 0.3) is 0 Å². The SMILES string of the molecule is OC(CCCCCl)C1=NC=C1. The second kappa shape index (κ2) is 4.52. The molecule has 1 aliphatic heterocycles. The minimum atomic E-state index is -0.372. The summed E-state index contributed by atoms with van der Waals surface area (Å²) in [6.07, 6.45) is 5.87. The van der Waals surface area contributed by atoms with Crippen LogP contribution in [-0.4, -0.2) is 22.8 Å². The third kappa shape index (κ3) is 2.64. The van der Waals surface area contributed by atoms with Gasteiger partial charge in [-0.3, -0.25) is 4.99 Å². The van der Waals surface area contributed by atoms with Crippen molar-refractivity contribution in [2.24, 2.45) is 4.99 Å². The lowest BCUT2D eigenvalue weighted by Crippen LogP contribution is -2.20. The predicted molar refractivity (Wildman–Crippen MR) is 47.2 cm³/mol. The molecule has 1 atom stereocenters. The summed E-state index contributed by atoms with van der Waals surface area (Å²) in [6, 6.07) is 0. The van der Waals surface area contributed by atoms with E-state index in [4.69, 9.17) is 11.6 Å². The van der Waals surface area contributed by atoms with Crippen LogP contribution in [0.2, 0.25) is 0 Å². The van der Waals surface area contributed by atoms with Gasteiger partial charge in [-0.15, -0.1) is 11.6 Å². The highest BCUT2D eigenvalue weighted by Gasteiger charge is 2.11. The van der Waals surface area contributed by atoms with Gasteiger partial charge < -0.3 is 5.11 Å². The summed E-state index contributed by atoms with van der Waals surface area (Å²) in [4.78, 5) is 3.90. The van der Waals surface area contributed by atoms with Gasteiger partial charge in [0.15, 0.2) is 0 Å². The van der Waals surface area contributed by atoms with Crippen molar-refractivity contribution >= 4 is 17.3 Å². The zero-order valence-corrected chi connectivity index (χ0v) is 7.09. The van der Waals surface area contributed by atoms with Crippen molar-refractivity contribution in [1.82, 2.24) is 0 Å². The molecule has 0 fully saturated rings. The van der Waals surface area contributed by atoms with E-state index in [0.717, 1.165) is 25.0 Å². The van der Waals surface area contributed by atoms with E-state index < -0.39 is 0 Å². The summed E-state index contributed by atoms with van der Waals surface area (Å²) < 4.78 is 0. The summed E-state index contributed by atoms with van der Waals surface area (Å²) in [6.45, 7) is 0. The van der Waals surface area contributed by atoms with Gasteiger partial charge in [-0.05, 0) is 25.3 Å². The van der Waals surface area contributed by atoms with Crippen molar-refractivity contribution in [2.45, 2.75) is 25.4 Å². The van der Waals surface area contributed by atoms with E-state index in [-0.39, 0.29) is 6.10 Å². The van der Waals surface area contributed by atoms with Crippen LogP contribution >= 0.6 is 11.6 Å². The molecular formula is C8H12ClNO. The van der Waals surface area contributed by atoms with Gasteiger partial charge >= 0.3 is 0 Å². The van der Waals surface area contributed by atoms with E-state index in [1.165, 1.54) is 0 Å². The van der Waals surface area contributed by atoms with Crippen molar-refractivity contribution in [1.29, 1.82) is 0 Å². The quantitative estimate of drug-likeness (QED) is 0.499.